The van der Waals surface area contributed by atoms with Crippen LogP contribution in [0.15, 0.2) is 30.3 Å². The first-order valence-electron chi connectivity index (χ1n) is 36.3. The molecule has 17 N–H and O–H groups in total. The first-order valence-corrected chi connectivity index (χ1v) is 37.8. The van der Waals surface area contributed by atoms with Crippen LogP contribution in [0.2, 0.25) is 0 Å². The number of aliphatic hydroxyl groups excluding tert-OH is 8. The van der Waals surface area contributed by atoms with Crippen molar-refractivity contribution in [2.45, 2.75) is 266 Å². The highest BCUT2D eigenvalue weighted by Crippen LogP contribution is 2.43. The fourth-order valence-corrected chi connectivity index (χ4v) is 12.8. The van der Waals surface area contributed by atoms with E-state index in [9.17, 15) is 113 Å². The van der Waals surface area contributed by atoms with E-state index < -0.39 is 273 Å². The van der Waals surface area contributed by atoms with Crippen molar-refractivity contribution in [3.63, 3.8) is 0 Å². The molecule has 6 amide bonds. The van der Waals surface area contributed by atoms with E-state index >= 15 is 0 Å². The Morgan fingerprint density at radius 1 is 0.591 bits per heavy atom. The SMILES string of the molecule is CCC(=O)C[C@H](CC)CC(=O)NC1C(OC(=O)CC)[C@H](O)C(CO[C@@H]2OC(CO)[C@@H](OP(=O)(O)O)C(OC(=O)CC)C2NC(=O)C[C@@H](CC)OC(=O)CC)O[C@H]1OCCNC(=O)CCC(=O)NCCO[C@@H]1OC(CO[C@]2(C(=O)O)CC(O)[C@@H](NC(=O)Cc3ccccc3)C([C@H](O)[C@H](O)CO)O2)[C@H](O)C(O)C1NC(C)=O. The number of carbonyl (C=O) groups is 11. The fourth-order valence-electron chi connectivity index (χ4n) is 12.3. The minimum Gasteiger partial charge on any atom is -0.477 e. The Bertz CT molecular complexity index is 3210. The van der Waals surface area contributed by atoms with Gasteiger partial charge in [0.05, 0.1) is 64.6 Å². The van der Waals surface area contributed by atoms with Gasteiger partial charge in [-0.05, 0) is 17.9 Å². The summed E-state index contributed by atoms with van der Waals surface area (Å²) in [6.45, 7) is 4.86. The number of aliphatic carboxylic acids is 1. The van der Waals surface area contributed by atoms with E-state index in [1.165, 1.54) is 20.8 Å². The maximum absolute atomic E-state index is 13.9. The van der Waals surface area contributed by atoms with Gasteiger partial charge in [0.2, 0.25) is 35.4 Å². The number of ketones is 1. The van der Waals surface area contributed by atoms with Gasteiger partial charge in [-0.1, -0.05) is 78.3 Å². The second-order valence-corrected chi connectivity index (χ2v) is 27.7. The second kappa shape index (κ2) is 45.7. The molecule has 0 bridgehead atoms. The number of phosphoric ester groups is 1. The molecule has 42 heteroatoms. The average Bonchev–Trinajstić information content (AvgIpc) is 0.777. The van der Waals surface area contributed by atoms with Gasteiger partial charge in [-0.2, -0.15) is 0 Å². The third-order valence-corrected chi connectivity index (χ3v) is 18.8. The lowest BCUT2D eigenvalue weighted by Crippen LogP contribution is -2.69. The zero-order valence-electron chi connectivity index (χ0n) is 62.1. The number of esters is 3. The number of nitrogens with one attached hydrogen (secondary N) is 6. The summed E-state index contributed by atoms with van der Waals surface area (Å²) in [6.07, 6.45) is -33.7. The highest BCUT2D eigenvalue weighted by Gasteiger charge is 2.58. The normalized spacial score (nSPS) is 29.3. The Balaban J connectivity index is 1.27. The summed E-state index contributed by atoms with van der Waals surface area (Å²) in [5.74, 6) is -12.4. The summed E-state index contributed by atoms with van der Waals surface area (Å²) >= 11 is 0. The number of carboxylic acid groups (broad SMARTS) is 1. The fraction of sp³-hybridized carbons (Fsp3) is 0.750. The van der Waals surface area contributed by atoms with E-state index in [0.29, 0.717) is 12.0 Å². The number of amides is 6. The van der Waals surface area contributed by atoms with E-state index in [4.69, 9.17) is 56.6 Å². The molecule has 23 atom stereocenters. The summed E-state index contributed by atoms with van der Waals surface area (Å²) in [5, 5.41) is 113. The molecular formula is C68H107N6O35P. The monoisotopic (exact) mass is 1600 g/mol. The number of phosphoric acid groups is 1. The lowest BCUT2D eigenvalue weighted by atomic mass is 9.88. The van der Waals surface area contributed by atoms with E-state index in [2.05, 4.69) is 31.9 Å². The number of benzene rings is 1. The number of carbonyl (C=O) groups excluding carboxylic acids is 10. The predicted octanol–water partition coefficient (Wildman–Crippen LogP) is -4.81. The van der Waals surface area contributed by atoms with E-state index in [0.717, 1.165) is 6.92 Å². The van der Waals surface area contributed by atoms with Crippen molar-refractivity contribution in [1.29, 1.82) is 0 Å². The van der Waals surface area contributed by atoms with Gasteiger partial charge < -0.3 is 140 Å². The van der Waals surface area contributed by atoms with Crippen molar-refractivity contribution >= 4 is 72.9 Å². The highest BCUT2D eigenvalue weighted by atomic mass is 31.2. The van der Waals surface area contributed by atoms with Gasteiger partial charge in [-0.15, -0.1) is 0 Å². The Morgan fingerprint density at radius 2 is 1.13 bits per heavy atom. The van der Waals surface area contributed by atoms with Crippen LogP contribution in [0.4, 0.5) is 0 Å². The molecule has 4 saturated heterocycles. The minimum atomic E-state index is -5.52. The van der Waals surface area contributed by atoms with Crippen LogP contribution >= 0.6 is 7.82 Å². The number of aliphatic hydroxyl groups is 8. The van der Waals surface area contributed by atoms with Crippen LogP contribution in [0.25, 0.3) is 0 Å². The summed E-state index contributed by atoms with van der Waals surface area (Å²) in [6, 6.07) is 1.83. The number of hydrogen-bond donors (Lipinski definition) is 17. The third kappa shape index (κ3) is 28.6. The van der Waals surface area contributed by atoms with Crippen LogP contribution in [0.3, 0.4) is 0 Å². The van der Waals surface area contributed by atoms with Gasteiger partial charge in [0.15, 0.2) is 31.1 Å². The zero-order valence-corrected chi connectivity index (χ0v) is 63.0. The van der Waals surface area contributed by atoms with Crippen LogP contribution in [0, 0.1) is 5.92 Å². The van der Waals surface area contributed by atoms with Crippen molar-refractivity contribution in [3.05, 3.63) is 35.9 Å². The van der Waals surface area contributed by atoms with E-state index in [1.807, 2.05) is 0 Å². The lowest BCUT2D eigenvalue weighted by Gasteiger charge is -2.47. The Kier molecular flexibility index (Phi) is 38.9. The smallest absolute Gasteiger partial charge is 0.470 e. The number of ether oxygens (including phenoxy) is 11. The molecule has 5 rings (SSSR count). The second-order valence-electron chi connectivity index (χ2n) is 26.5. The summed E-state index contributed by atoms with van der Waals surface area (Å²) in [7, 11) is -5.52. The van der Waals surface area contributed by atoms with Gasteiger partial charge in [0.25, 0.3) is 5.79 Å². The van der Waals surface area contributed by atoms with Crippen LogP contribution in [0.5, 0.6) is 0 Å². The van der Waals surface area contributed by atoms with Crippen molar-refractivity contribution in [3.8, 4) is 0 Å². The Labute approximate surface area is 633 Å². The van der Waals surface area contributed by atoms with Crippen LogP contribution < -0.4 is 31.9 Å². The zero-order chi connectivity index (χ0) is 81.7. The van der Waals surface area contributed by atoms with Gasteiger partial charge in [0.1, 0.15) is 91.1 Å². The van der Waals surface area contributed by atoms with Gasteiger partial charge in [-0.25, -0.2) is 9.36 Å². The molecule has 0 aliphatic carbocycles. The first-order chi connectivity index (χ1) is 52.1. The Hall–Kier alpha value is -6.94. The molecule has 4 aliphatic heterocycles. The first kappa shape index (κ1) is 93.7. The van der Waals surface area contributed by atoms with Gasteiger partial charge in [-0.3, -0.25) is 52.5 Å². The van der Waals surface area contributed by atoms with Crippen molar-refractivity contribution in [2.24, 2.45) is 5.92 Å². The molecule has 41 nitrogen and oxygen atoms in total. The third-order valence-electron chi connectivity index (χ3n) is 18.3. The summed E-state index contributed by atoms with van der Waals surface area (Å²) in [5.41, 5.74) is 0.540. The van der Waals surface area contributed by atoms with Crippen LogP contribution in [-0.4, -0.2) is 308 Å². The Morgan fingerprint density at radius 3 is 1.65 bits per heavy atom. The molecule has 0 radical (unpaired) electrons. The molecule has 11 unspecified atom stereocenters. The predicted molar refractivity (Wildman–Crippen MR) is 369 cm³/mol. The number of Topliss-reactive ketones (excluding diaryl/α,β-unsaturated/α-hetero) is 1. The average molecular weight is 1600 g/mol. The summed E-state index contributed by atoms with van der Waals surface area (Å²) in [4.78, 5) is 163. The maximum Gasteiger partial charge on any atom is 0.470 e. The molecule has 624 valence electrons. The largest absolute Gasteiger partial charge is 0.477 e. The maximum atomic E-state index is 13.9. The van der Waals surface area contributed by atoms with E-state index in [-0.39, 0.29) is 70.2 Å². The minimum absolute atomic E-state index is 0.0357. The lowest BCUT2D eigenvalue weighted by molar-refractivity contribution is -0.330. The molecule has 4 aliphatic rings. The summed E-state index contributed by atoms with van der Waals surface area (Å²) < 4.78 is 81.6. The quantitative estimate of drug-likeness (QED) is 0.0126. The number of rotatable bonds is 45. The topological polar surface area (TPSA) is 610 Å². The van der Waals surface area contributed by atoms with Crippen molar-refractivity contribution in [2.75, 3.05) is 52.7 Å². The van der Waals surface area contributed by atoms with Crippen LogP contribution in [0.1, 0.15) is 131 Å². The number of hydrogen-bond acceptors (Lipinski definition) is 32. The van der Waals surface area contributed by atoms with Crippen LogP contribution in [-0.2, 0) is 120 Å². The number of carboxylic acids is 1. The van der Waals surface area contributed by atoms with E-state index in [1.54, 1.807) is 51.1 Å². The van der Waals surface area contributed by atoms with Crippen molar-refractivity contribution in [1.82, 2.24) is 31.9 Å². The molecule has 4 heterocycles. The molecule has 1 aromatic rings. The van der Waals surface area contributed by atoms with Crippen molar-refractivity contribution < 1.29 is 170 Å². The van der Waals surface area contributed by atoms with Gasteiger partial charge >= 0.3 is 31.7 Å². The highest BCUT2D eigenvalue weighted by molar-refractivity contribution is 7.46. The van der Waals surface area contributed by atoms with Gasteiger partial charge in [0, 0.05) is 77.8 Å². The molecule has 110 heavy (non-hydrogen) atoms. The molecular weight excluding hydrogens is 1490 g/mol. The molecule has 0 spiro atoms. The molecule has 1 aromatic carbocycles. The molecule has 0 aromatic heterocycles. The molecule has 4 fully saturated rings. The molecule has 0 saturated carbocycles. The standard InChI is InChI=1S/C68H107N6O35P/c1-8-35(25-37(78)9-2)26-46(83)73-54-61(106-50(87)12-5)58(91)42(32-100-66-55(74-48(85)28-38(10-3)102-49(86)11-4)63(107-51(88)13-6)60(41(31-76)103-66)109-110(95,96)97)104-65(54)99-24-22-70-45(82)20-19-44(81)69-21-23-98-64-53(71-34(7)77)59(92)57(90)43(105-64)33-101-68(67(93)94)29-39(79)52(62(108-68)56(89)40(80)30-75)72-47(84)27-36-17-15-14-16-18-36/h14-18,35,38-43,52-66,75-76,79-80,89-92H,8-13,19-33H2,1-7H3,(H,69,81)(H,70,82)(H,71,77)(H,72,84)(H,73,83)(H,74,85)(H,93,94)(H2,95,96,97)/t35-,38+,39?,40+,41?,42?,43?,52+,53?,54?,55?,56+,57-,58+,59?,60+,61?,62?,63?,64+,65+,66+,68+/m0/s1.